The van der Waals surface area contributed by atoms with E-state index in [-0.39, 0.29) is 0 Å². The Bertz CT molecular complexity index is 1690. The van der Waals surface area contributed by atoms with E-state index in [2.05, 4.69) is 33.7 Å². The maximum atomic E-state index is 10.5. The lowest BCUT2D eigenvalue weighted by Gasteiger charge is -2.41. The number of benzene rings is 2. The number of fused-ring (bicyclic) bond motifs is 5. The van der Waals surface area contributed by atoms with Crippen LogP contribution in [0.2, 0.25) is 0 Å². The van der Waals surface area contributed by atoms with E-state index in [1.807, 2.05) is 42.5 Å². The van der Waals surface area contributed by atoms with Gasteiger partial charge in [-0.1, -0.05) is 41.0 Å². The highest BCUT2D eigenvalue weighted by Gasteiger charge is 2.46. The second kappa shape index (κ2) is 14.2. The fourth-order valence-corrected chi connectivity index (χ4v) is 7.58. The number of nitrogens with zero attached hydrogens (tertiary/aromatic N) is 2. The van der Waals surface area contributed by atoms with Gasteiger partial charge in [0.1, 0.15) is 61.0 Å². The lowest BCUT2D eigenvalue weighted by molar-refractivity contribution is -0.214. The molecule has 50 heavy (non-hydrogen) atoms. The molecule has 13 heteroatoms. The van der Waals surface area contributed by atoms with E-state index in [1.54, 1.807) is 6.20 Å². The van der Waals surface area contributed by atoms with Crippen LogP contribution >= 0.6 is 0 Å². The molecule has 3 aromatic rings. The predicted octanol–water partition coefficient (Wildman–Crippen LogP) is -1.38. The standard InChI is InChI=1S/C37H40N2O11/c40-18-29-33(44)35(46)31(42)27(48-29)7-3-20-1-5-23-24-6-2-21(4-8-28-32(43)36(47)34(45)30(19-41)49-28)16-26(24)37(25(23)15-20)10-13-39(14-11-37)17-22-9-12-38-50-22/h1-2,5-6,9,12,15-16,27-36,40-47H,10-11,13-14,17-19H2. The average molecular weight is 689 g/mol. The number of likely N-dealkylation sites (tertiary alicyclic amines) is 1. The molecule has 10 unspecified atom stereocenters. The van der Waals surface area contributed by atoms with Gasteiger partial charge in [-0.15, -0.1) is 0 Å². The normalized spacial score (nSPS) is 33.1. The number of piperidine rings is 1. The van der Waals surface area contributed by atoms with Crippen molar-refractivity contribution in [1.29, 1.82) is 0 Å². The number of rotatable bonds is 4. The van der Waals surface area contributed by atoms with Gasteiger partial charge in [-0.2, -0.15) is 0 Å². The third-order valence-electron chi connectivity index (χ3n) is 10.4. The van der Waals surface area contributed by atoms with E-state index in [9.17, 15) is 40.9 Å². The quantitative estimate of drug-likeness (QED) is 0.149. The summed E-state index contributed by atoms with van der Waals surface area (Å²) in [5, 5.41) is 84.7. The van der Waals surface area contributed by atoms with Crippen molar-refractivity contribution < 1.29 is 54.8 Å². The van der Waals surface area contributed by atoms with Crippen LogP contribution in [0.1, 0.15) is 40.9 Å². The lowest BCUT2D eigenvalue weighted by atomic mass is 9.70. The highest BCUT2D eigenvalue weighted by molar-refractivity contribution is 5.82. The molecule has 1 aliphatic carbocycles. The molecule has 0 amide bonds. The highest BCUT2D eigenvalue weighted by atomic mass is 16.5. The SMILES string of the molecule is OCC1OC(C#Cc2ccc3c(c2)C2(CCN(Cc4ccno4)CC2)c2cc(C#CC4OC(CO)C(O)C(O)C4O)ccc2-3)C(O)C(O)C1O. The average Bonchev–Trinajstić information content (AvgIpc) is 3.74. The third kappa shape index (κ3) is 6.26. The summed E-state index contributed by atoms with van der Waals surface area (Å²) in [6.07, 6.45) is -10.0. The molecule has 3 fully saturated rings. The molecule has 264 valence electrons. The zero-order valence-corrected chi connectivity index (χ0v) is 27.0. The second-order valence-corrected chi connectivity index (χ2v) is 13.4. The molecule has 3 aliphatic heterocycles. The zero-order chi connectivity index (χ0) is 35.2. The van der Waals surface area contributed by atoms with Gasteiger partial charge in [-0.25, -0.2) is 0 Å². The Kier molecular flexibility index (Phi) is 9.84. The summed E-state index contributed by atoms with van der Waals surface area (Å²) in [5.74, 6) is 12.7. The summed E-state index contributed by atoms with van der Waals surface area (Å²) in [4.78, 5) is 2.31. The van der Waals surface area contributed by atoms with E-state index in [0.717, 1.165) is 53.9 Å². The maximum Gasteiger partial charge on any atom is 0.150 e. The first-order valence-electron chi connectivity index (χ1n) is 16.7. The third-order valence-corrected chi connectivity index (χ3v) is 10.4. The summed E-state index contributed by atoms with van der Waals surface area (Å²) in [5.41, 5.74) is 5.22. The van der Waals surface area contributed by atoms with Crippen LogP contribution in [0.15, 0.2) is 53.2 Å². The van der Waals surface area contributed by atoms with Gasteiger partial charge in [0.15, 0.2) is 5.76 Å². The molecule has 2 aromatic carbocycles. The molecule has 0 bridgehead atoms. The van der Waals surface area contributed by atoms with Gasteiger partial charge in [0.25, 0.3) is 0 Å². The molecule has 1 aromatic heterocycles. The van der Waals surface area contributed by atoms with E-state index in [0.29, 0.717) is 17.7 Å². The van der Waals surface area contributed by atoms with E-state index in [1.165, 1.54) is 0 Å². The Morgan fingerprint density at radius 2 is 1.18 bits per heavy atom. The number of aliphatic hydroxyl groups excluding tert-OH is 8. The van der Waals surface area contributed by atoms with Crippen molar-refractivity contribution >= 4 is 0 Å². The zero-order valence-electron chi connectivity index (χ0n) is 27.0. The Morgan fingerprint density at radius 1 is 0.680 bits per heavy atom. The smallest absolute Gasteiger partial charge is 0.150 e. The molecular weight excluding hydrogens is 648 g/mol. The molecule has 3 saturated heterocycles. The van der Waals surface area contributed by atoms with Gasteiger partial charge in [-0.05, 0) is 72.5 Å². The molecular formula is C37H40N2O11. The van der Waals surface area contributed by atoms with Crippen molar-refractivity contribution in [3.63, 3.8) is 0 Å². The fraction of sp³-hybridized carbons (Fsp3) is 0.486. The van der Waals surface area contributed by atoms with E-state index in [4.69, 9.17) is 14.0 Å². The van der Waals surface area contributed by atoms with Crippen molar-refractivity contribution in [2.45, 2.75) is 85.8 Å². The number of hydrogen-bond acceptors (Lipinski definition) is 13. The van der Waals surface area contributed by atoms with Gasteiger partial charge in [-0.3, -0.25) is 4.90 Å². The van der Waals surface area contributed by atoms with Crippen LogP contribution in [0.25, 0.3) is 11.1 Å². The van der Waals surface area contributed by atoms with Crippen molar-refractivity contribution in [3.8, 4) is 34.8 Å². The summed E-state index contributed by atoms with van der Waals surface area (Å²) in [6.45, 7) is 1.09. The molecule has 10 atom stereocenters. The van der Waals surface area contributed by atoms with E-state index >= 15 is 0 Å². The summed E-state index contributed by atoms with van der Waals surface area (Å²) < 4.78 is 16.5. The molecule has 4 aliphatic rings. The molecule has 7 rings (SSSR count). The Hall–Kier alpha value is -3.67. The summed E-state index contributed by atoms with van der Waals surface area (Å²) in [7, 11) is 0. The van der Waals surface area contributed by atoms with Crippen LogP contribution in [-0.4, -0.2) is 138 Å². The number of hydrogen-bond donors (Lipinski definition) is 8. The van der Waals surface area contributed by atoms with Crippen molar-refractivity contribution in [2.75, 3.05) is 26.3 Å². The van der Waals surface area contributed by atoms with Gasteiger partial charge in [0.2, 0.25) is 0 Å². The number of aromatic nitrogens is 1. The topological polar surface area (TPSA) is 210 Å². The molecule has 0 saturated carbocycles. The second-order valence-electron chi connectivity index (χ2n) is 13.4. The van der Waals surface area contributed by atoms with Gasteiger partial charge >= 0.3 is 0 Å². The van der Waals surface area contributed by atoms with Crippen LogP contribution < -0.4 is 0 Å². The van der Waals surface area contributed by atoms with Gasteiger partial charge < -0.3 is 54.8 Å². The van der Waals surface area contributed by atoms with Crippen LogP contribution in [0.5, 0.6) is 0 Å². The Balaban J connectivity index is 1.21. The highest BCUT2D eigenvalue weighted by Crippen LogP contribution is 2.54. The summed E-state index contributed by atoms with van der Waals surface area (Å²) in [6, 6.07) is 13.7. The van der Waals surface area contributed by atoms with Crippen LogP contribution in [0.3, 0.4) is 0 Å². The molecule has 1 spiro atoms. The number of ether oxygens (including phenoxy) is 2. The molecule has 8 N–H and O–H groups in total. The lowest BCUT2D eigenvalue weighted by Crippen LogP contribution is -2.58. The largest absolute Gasteiger partial charge is 0.394 e. The molecule has 0 radical (unpaired) electrons. The maximum absolute atomic E-state index is 10.5. The van der Waals surface area contributed by atoms with Gasteiger partial charge in [0.05, 0.1) is 26.0 Å². The summed E-state index contributed by atoms with van der Waals surface area (Å²) >= 11 is 0. The first-order valence-corrected chi connectivity index (χ1v) is 16.7. The first-order chi connectivity index (χ1) is 24.1. The molecule has 4 heterocycles. The predicted molar refractivity (Wildman–Crippen MR) is 175 cm³/mol. The monoisotopic (exact) mass is 688 g/mol. The van der Waals surface area contributed by atoms with Crippen molar-refractivity contribution in [2.24, 2.45) is 0 Å². The van der Waals surface area contributed by atoms with Crippen LogP contribution in [0, 0.1) is 23.7 Å². The van der Waals surface area contributed by atoms with Crippen LogP contribution in [-0.2, 0) is 21.4 Å². The minimum atomic E-state index is -1.52. The van der Waals surface area contributed by atoms with Crippen molar-refractivity contribution in [3.05, 3.63) is 76.7 Å². The van der Waals surface area contributed by atoms with E-state index < -0.39 is 79.7 Å². The number of aliphatic hydroxyl groups is 8. The van der Waals surface area contributed by atoms with Crippen LogP contribution in [0.4, 0.5) is 0 Å². The Labute approximate surface area is 288 Å². The van der Waals surface area contributed by atoms with Gasteiger partial charge in [0, 0.05) is 22.6 Å². The molecule has 13 nitrogen and oxygen atoms in total. The fourth-order valence-electron chi connectivity index (χ4n) is 7.58. The Morgan fingerprint density at radius 3 is 1.62 bits per heavy atom. The minimum Gasteiger partial charge on any atom is -0.394 e. The van der Waals surface area contributed by atoms with Crippen molar-refractivity contribution in [1.82, 2.24) is 10.1 Å². The minimum absolute atomic E-state index is 0.399. The first kappa shape index (κ1) is 34.8.